The lowest BCUT2D eigenvalue weighted by molar-refractivity contribution is -0.143. The van der Waals surface area contributed by atoms with Gasteiger partial charge in [-0.3, -0.25) is 9.59 Å². The monoisotopic (exact) mass is 430 g/mol. The molecule has 170 valence electrons. The van der Waals surface area contributed by atoms with Crippen LogP contribution in [0.15, 0.2) is 24.3 Å². The zero-order chi connectivity index (χ0) is 21.8. The van der Waals surface area contributed by atoms with Crippen LogP contribution < -0.4 is 5.32 Å². The van der Waals surface area contributed by atoms with E-state index in [0.29, 0.717) is 44.3 Å². The molecule has 3 fully saturated rings. The Hall–Kier alpha value is -2.12. The van der Waals surface area contributed by atoms with Gasteiger partial charge in [-0.05, 0) is 56.1 Å². The molecule has 1 aliphatic carbocycles. The first-order chi connectivity index (χ1) is 15.0. The van der Waals surface area contributed by atoms with Gasteiger partial charge in [0.25, 0.3) is 0 Å². The number of phenols is 1. The maximum atomic E-state index is 12.7. The molecule has 1 spiro atoms. The average molecular weight is 431 g/mol. The molecule has 0 unspecified atom stereocenters. The topological polar surface area (TPSA) is 88.1 Å². The molecule has 2 amide bonds. The summed E-state index contributed by atoms with van der Waals surface area (Å²) in [5.41, 5.74) is 0.472. The van der Waals surface area contributed by atoms with Gasteiger partial charge in [-0.15, -0.1) is 0 Å². The molecule has 3 aliphatic rings. The van der Waals surface area contributed by atoms with Gasteiger partial charge in [0, 0.05) is 13.0 Å². The van der Waals surface area contributed by atoms with Crippen molar-refractivity contribution in [1.82, 2.24) is 10.2 Å². The molecule has 2 heterocycles. The zero-order valence-electron chi connectivity index (χ0n) is 18.3. The van der Waals surface area contributed by atoms with E-state index in [2.05, 4.69) is 5.32 Å². The summed E-state index contributed by atoms with van der Waals surface area (Å²) in [5, 5.41) is 13.3. The smallest absolute Gasteiger partial charge is 0.246 e. The highest BCUT2D eigenvalue weighted by Crippen LogP contribution is 2.38. The quantitative estimate of drug-likeness (QED) is 0.725. The molecule has 0 bridgehead atoms. The van der Waals surface area contributed by atoms with Crippen LogP contribution in [0.1, 0.15) is 63.4 Å². The number of phenolic OH excluding ortho intramolecular Hbond substituents is 1. The van der Waals surface area contributed by atoms with Crippen LogP contribution in [0.4, 0.5) is 0 Å². The van der Waals surface area contributed by atoms with E-state index in [-0.39, 0.29) is 30.6 Å². The Kier molecular flexibility index (Phi) is 6.82. The Labute approximate surface area is 184 Å². The van der Waals surface area contributed by atoms with Gasteiger partial charge < -0.3 is 24.8 Å². The zero-order valence-corrected chi connectivity index (χ0v) is 18.3. The largest absolute Gasteiger partial charge is 0.508 e. The Morgan fingerprint density at radius 2 is 2.06 bits per heavy atom. The van der Waals surface area contributed by atoms with Crippen LogP contribution in [0.2, 0.25) is 0 Å². The van der Waals surface area contributed by atoms with Crippen molar-refractivity contribution in [3.63, 3.8) is 0 Å². The molecule has 7 heteroatoms. The second kappa shape index (κ2) is 9.57. The van der Waals surface area contributed by atoms with E-state index in [9.17, 15) is 14.7 Å². The fraction of sp³-hybridized carbons (Fsp3) is 0.667. The Morgan fingerprint density at radius 3 is 2.77 bits per heavy atom. The third-order valence-electron chi connectivity index (χ3n) is 7.12. The number of para-hydroxylation sites is 1. The summed E-state index contributed by atoms with van der Waals surface area (Å²) in [5.74, 6) is 0.727. The van der Waals surface area contributed by atoms with Crippen molar-refractivity contribution >= 4 is 11.8 Å². The number of nitrogens with zero attached hydrogens (tertiary/aromatic N) is 1. The Bertz CT molecular complexity index is 792. The third-order valence-corrected chi connectivity index (χ3v) is 7.12. The van der Waals surface area contributed by atoms with Crippen molar-refractivity contribution in [1.29, 1.82) is 0 Å². The lowest BCUT2D eigenvalue weighted by atomic mass is 9.82. The second-order valence-electron chi connectivity index (χ2n) is 9.17. The standard InChI is InChI=1S/C24H34N2O5/c1-2-5-23(29)26-13-12-24(16-30-15-22(28)25-24)21(26)14-31-18-10-8-17(9-11-18)19-6-3-4-7-20(19)27/h3-4,6-7,17-18,21,27H,2,5,8-16H2,1H3,(H,25,28)/t17?,18?,21-,24+/m0/s1. The van der Waals surface area contributed by atoms with Crippen LogP contribution in [0.3, 0.4) is 0 Å². The van der Waals surface area contributed by atoms with E-state index in [1.807, 2.05) is 30.0 Å². The number of rotatable bonds is 6. The van der Waals surface area contributed by atoms with Crippen molar-refractivity contribution in [2.75, 3.05) is 26.4 Å². The number of aromatic hydroxyl groups is 1. The number of ether oxygens (including phenoxy) is 2. The van der Waals surface area contributed by atoms with E-state index in [0.717, 1.165) is 37.7 Å². The molecule has 2 N–H and O–H groups in total. The summed E-state index contributed by atoms with van der Waals surface area (Å²) < 4.78 is 11.9. The molecule has 31 heavy (non-hydrogen) atoms. The molecule has 0 aromatic heterocycles. The highest BCUT2D eigenvalue weighted by Gasteiger charge is 2.52. The van der Waals surface area contributed by atoms with E-state index < -0.39 is 5.54 Å². The predicted octanol–water partition coefficient (Wildman–Crippen LogP) is 2.72. The highest BCUT2D eigenvalue weighted by molar-refractivity contribution is 5.80. The second-order valence-corrected chi connectivity index (χ2v) is 9.17. The molecule has 7 nitrogen and oxygen atoms in total. The van der Waals surface area contributed by atoms with E-state index in [4.69, 9.17) is 9.47 Å². The number of nitrogens with one attached hydrogen (secondary N) is 1. The number of likely N-dealkylation sites (tertiary alicyclic amines) is 1. The summed E-state index contributed by atoms with van der Waals surface area (Å²) in [7, 11) is 0. The number of hydrogen-bond donors (Lipinski definition) is 2. The van der Waals surface area contributed by atoms with Gasteiger partial charge in [0.2, 0.25) is 11.8 Å². The summed E-state index contributed by atoms with van der Waals surface area (Å²) in [6, 6.07) is 7.38. The van der Waals surface area contributed by atoms with E-state index in [1.54, 1.807) is 6.07 Å². The first-order valence-corrected chi connectivity index (χ1v) is 11.6. The normalized spacial score (nSPS) is 31.1. The van der Waals surface area contributed by atoms with Crippen molar-refractivity contribution < 1.29 is 24.2 Å². The van der Waals surface area contributed by atoms with Gasteiger partial charge in [0.05, 0.1) is 30.9 Å². The van der Waals surface area contributed by atoms with Crippen molar-refractivity contribution in [3.05, 3.63) is 29.8 Å². The van der Waals surface area contributed by atoms with Crippen molar-refractivity contribution in [2.45, 2.75) is 75.5 Å². The predicted molar refractivity (Wildman–Crippen MR) is 116 cm³/mol. The first kappa shape index (κ1) is 22.1. The highest BCUT2D eigenvalue weighted by atomic mass is 16.5. The number of morpholine rings is 1. The lowest BCUT2D eigenvalue weighted by Gasteiger charge is -2.41. The Balaban J connectivity index is 1.38. The van der Waals surface area contributed by atoms with Gasteiger partial charge in [-0.2, -0.15) is 0 Å². The molecule has 1 aromatic rings. The van der Waals surface area contributed by atoms with Crippen LogP contribution >= 0.6 is 0 Å². The van der Waals surface area contributed by atoms with Crippen LogP contribution in [0.5, 0.6) is 5.75 Å². The van der Waals surface area contributed by atoms with E-state index in [1.165, 1.54) is 0 Å². The molecule has 1 aromatic carbocycles. The minimum Gasteiger partial charge on any atom is -0.508 e. The molecular weight excluding hydrogens is 396 g/mol. The minimum absolute atomic E-state index is 0.0780. The molecule has 2 atom stereocenters. The molecule has 1 saturated carbocycles. The van der Waals surface area contributed by atoms with Crippen molar-refractivity contribution in [2.24, 2.45) is 0 Å². The summed E-state index contributed by atoms with van der Waals surface area (Å²) >= 11 is 0. The summed E-state index contributed by atoms with van der Waals surface area (Å²) in [6.45, 7) is 3.53. The molecule has 0 radical (unpaired) electrons. The third kappa shape index (κ3) is 4.72. The maximum absolute atomic E-state index is 12.7. The van der Waals surface area contributed by atoms with Crippen molar-refractivity contribution in [3.8, 4) is 5.75 Å². The van der Waals surface area contributed by atoms with Gasteiger partial charge in [0.15, 0.2) is 0 Å². The number of benzene rings is 1. The minimum atomic E-state index is -0.550. The molecule has 2 aliphatic heterocycles. The SMILES string of the molecule is CCCC(=O)N1CC[C@@]2(COCC(=O)N2)[C@@H]1COC1CCC(c2ccccc2O)CC1. The number of carbonyl (C=O) groups is 2. The number of amides is 2. The molecule has 2 saturated heterocycles. The summed E-state index contributed by atoms with van der Waals surface area (Å²) in [6.07, 6.45) is 5.91. The van der Waals surface area contributed by atoms with Crippen LogP contribution in [0.25, 0.3) is 0 Å². The van der Waals surface area contributed by atoms with E-state index >= 15 is 0 Å². The maximum Gasteiger partial charge on any atom is 0.246 e. The van der Waals surface area contributed by atoms with Crippen LogP contribution in [-0.2, 0) is 19.1 Å². The first-order valence-electron chi connectivity index (χ1n) is 11.6. The molecule has 4 rings (SSSR count). The van der Waals surface area contributed by atoms with Gasteiger partial charge in [-0.1, -0.05) is 25.1 Å². The molecular formula is C24H34N2O5. The average Bonchev–Trinajstić information content (AvgIpc) is 3.10. The van der Waals surface area contributed by atoms with Gasteiger partial charge in [0.1, 0.15) is 12.4 Å². The van der Waals surface area contributed by atoms with Gasteiger partial charge >= 0.3 is 0 Å². The number of carbonyl (C=O) groups excluding carboxylic acids is 2. The van der Waals surface area contributed by atoms with Gasteiger partial charge in [-0.25, -0.2) is 0 Å². The van der Waals surface area contributed by atoms with Crippen LogP contribution in [0, 0.1) is 0 Å². The number of hydrogen-bond acceptors (Lipinski definition) is 5. The summed E-state index contributed by atoms with van der Waals surface area (Å²) in [4.78, 5) is 26.7. The fourth-order valence-corrected chi connectivity index (χ4v) is 5.44. The fourth-order valence-electron chi connectivity index (χ4n) is 5.44. The van der Waals surface area contributed by atoms with Crippen LogP contribution in [-0.4, -0.2) is 65.9 Å². The lowest BCUT2D eigenvalue weighted by Crippen LogP contribution is -2.65. The Morgan fingerprint density at radius 1 is 1.29 bits per heavy atom.